The third-order valence-electron chi connectivity index (χ3n) is 4.72. The topological polar surface area (TPSA) is 48.5 Å². The lowest BCUT2D eigenvalue weighted by atomic mass is 9.96. The number of likely N-dealkylation sites (tertiary alicyclic amines) is 1. The number of nitrogens with zero attached hydrogens (tertiary/aromatic N) is 3. The zero-order chi connectivity index (χ0) is 15.4. The Bertz CT molecular complexity index is 487. The van der Waals surface area contributed by atoms with E-state index in [2.05, 4.69) is 22.1 Å². The second-order valence-electron chi connectivity index (χ2n) is 6.51. The van der Waals surface area contributed by atoms with Crippen molar-refractivity contribution in [3.05, 3.63) is 30.1 Å². The molecule has 0 aliphatic carbocycles. The number of piperazine rings is 1. The van der Waals surface area contributed by atoms with Gasteiger partial charge in [-0.2, -0.15) is 0 Å². The fourth-order valence-corrected chi connectivity index (χ4v) is 3.57. The summed E-state index contributed by atoms with van der Waals surface area (Å²) in [5, 5.41) is 3.32. The molecule has 0 bridgehead atoms. The molecule has 1 aromatic heterocycles. The lowest BCUT2D eigenvalue weighted by molar-refractivity contribution is -0.138. The van der Waals surface area contributed by atoms with Crippen molar-refractivity contribution < 1.29 is 4.79 Å². The van der Waals surface area contributed by atoms with Gasteiger partial charge >= 0.3 is 0 Å². The molecular weight excluding hydrogens is 276 g/mol. The van der Waals surface area contributed by atoms with E-state index in [4.69, 9.17) is 0 Å². The second-order valence-corrected chi connectivity index (χ2v) is 6.51. The van der Waals surface area contributed by atoms with Gasteiger partial charge in [0.1, 0.15) is 6.04 Å². The van der Waals surface area contributed by atoms with Crippen molar-refractivity contribution in [3.8, 4) is 0 Å². The van der Waals surface area contributed by atoms with Crippen molar-refractivity contribution in [3.63, 3.8) is 0 Å². The van der Waals surface area contributed by atoms with Gasteiger partial charge in [0.2, 0.25) is 5.91 Å². The molecule has 1 aromatic rings. The molecule has 5 heteroatoms. The van der Waals surface area contributed by atoms with Crippen LogP contribution in [-0.4, -0.2) is 60.0 Å². The Morgan fingerprint density at radius 3 is 2.86 bits per heavy atom. The Hall–Kier alpha value is -1.46. The minimum Gasteiger partial charge on any atom is -0.338 e. The molecule has 2 saturated heterocycles. The molecule has 3 rings (SSSR count). The normalized spacial score (nSPS) is 25.0. The zero-order valence-electron chi connectivity index (χ0n) is 13.4. The molecule has 1 N–H and O–H groups in total. The standard InChI is InChI=1S/C17H26N4O/c1-14-4-3-9-21(13-14)16(15-5-2-6-19-12-15)17(22)20-10-7-18-8-11-20/h2,5-6,12,14,16,18H,3-4,7-11,13H2,1H3. The fraction of sp³-hybridized carbons (Fsp3) is 0.647. The lowest BCUT2D eigenvalue weighted by Gasteiger charge is -2.39. The fourth-order valence-electron chi connectivity index (χ4n) is 3.57. The van der Waals surface area contributed by atoms with E-state index in [-0.39, 0.29) is 11.9 Å². The second kappa shape index (κ2) is 7.20. The maximum absolute atomic E-state index is 13.1. The molecule has 3 heterocycles. The van der Waals surface area contributed by atoms with Crippen LogP contribution in [0.5, 0.6) is 0 Å². The summed E-state index contributed by atoms with van der Waals surface area (Å²) >= 11 is 0. The quantitative estimate of drug-likeness (QED) is 0.914. The van der Waals surface area contributed by atoms with E-state index in [1.54, 1.807) is 6.20 Å². The molecule has 120 valence electrons. The van der Waals surface area contributed by atoms with Gasteiger partial charge in [0, 0.05) is 45.1 Å². The van der Waals surface area contributed by atoms with Crippen LogP contribution < -0.4 is 5.32 Å². The number of carbonyl (C=O) groups excluding carboxylic acids is 1. The van der Waals surface area contributed by atoms with E-state index in [1.807, 2.05) is 23.2 Å². The van der Waals surface area contributed by atoms with E-state index in [9.17, 15) is 4.79 Å². The highest BCUT2D eigenvalue weighted by Crippen LogP contribution is 2.28. The predicted molar refractivity (Wildman–Crippen MR) is 86.4 cm³/mol. The van der Waals surface area contributed by atoms with E-state index in [0.29, 0.717) is 5.92 Å². The Morgan fingerprint density at radius 2 is 2.18 bits per heavy atom. The SMILES string of the molecule is CC1CCCN(C(C(=O)N2CCNCC2)c2cccnc2)C1. The lowest BCUT2D eigenvalue weighted by Crippen LogP contribution is -2.52. The molecule has 0 spiro atoms. The first-order valence-corrected chi connectivity index (χ1v) is 8.39. The molecule has 2 aliphatic rings. The van der Waals surface area contributed by atoms with Gasteiger partial charge in [-0.3, -0.25) is 14.7 Å². The summed E-state index contributed by atoms with van der Waals surface area (Å²) in [4.78, 5) is 21.7. The molecule has 5 nitrogen and oxygen atoms in total. The van der Waals surface area contributed by atoms with Crippen molar-refractivity contribution in [2.45, 2.75) is 25.8 Å². The third kappa shape index (κ3) is 3.47. The highest BCUT2D eigenvalue weighted by Gasteiger charge is 2.33. The molecule has 2 atom stereocenters. The Labute approximate surface area is 132 Å². The number of amides is 1. The smallest absolute Gasteiger partial charge is 0.244 e. The third-order valence-corrected chi connectivity index (χ3v) is 4.72. The highest BCUT2D eigenvalue weighted by atomic mass is 16.2. The maximum Gasteiger partial charge on any atom is 0.244 e. The minimum atomic E-state index is -0.172. The van der Waals surface area contributed by atoms with Crippen LogP contribution in [0, 0.1) is 5.92 Å². The van der Waals surface area contributed by atoms with Crippen molar-refractivity contribution in [2.24, 2.45) is 5.92 Å². The van der Waals surface area contributed by atoms with Gasteiger partial charge in [0.25, 0.3) is 0 Å². The van der Waals surface area contributed by atoms with Gasteiger partial charge in [0.15, 0.2) is 0 Å². The summed E-state index contributed by atoms with van der Waals surface area (Å²) in [7, 11) is 0. The largest absolute Gasteiger partial charge is 0.338 e. The van der Waals surface area contributed by atoms with Crippen molar-refractivity contribution >= 4 is 5.91 Å². The molecule has 2 unspecified atom stereocenters. The summed E-state index contributed by atoms with van der Waals surface area (Å²) in [5.41, 5.74) is 1.03. The van der Waals surface area contributed by atoms with Crippen LogP contribution in [-0.2, 0) is 4.79 Å². The van der Waals surface area contributed by atoms with Gasteiger partial charge in [-0.15, -0.1) is 0 Å². The molecule has 1 amide bonds. The Balaban J connectivity index is 1.83. The van der Waals surface area contributed by atoms with Crippen LogP contribution in [0.2, 0.25) is 0 Å². The Morgan fingerprint density at radius 1 is 1.36 bits per heavy atom. The number of rotatable bonds is 3. The van der Waals surface area contributed by atoms with E-state index in [0.717, 1.165) is 44.8 Å². The summed E-state index contributed by atoms with van der Waals surface area (Å²) in [5.74, 6) is 0.896. The van der Waals surface area contributed by atoms with Gasteiger partial charge in [-0.1, -0.05) is 13.0 Å². The van der Waals surface area contributed by atoms with Crippen LogP contribution >= 0.6 is 0 Å². The molecule has 2 aliphatic heterocycles. The molecule has 0 aromatic carbocycles. The monoisotopic (exact) mass is 302 g/mol. The summed E-state index contributed by atoms with van der Waals surface area (Å²) in [6.07, 6.45) is 6.06. The molecular formula is C17H26N4O. The van der Waals surface area contributed by atoms with E-state index in [1.165, 1.54) is 12.8 Å². The first-order chi connectivity index (χ1) is 10.8. The number of nitrogens with one attached hydrogen (secondary N) is 1. The van der Waals surface area contributed by atoms with Crippen molar-refractivity contribution in [2.75, 3.05) is 39.3 Å². The van der Waals surface area contributed by atoms with Gasteiger partial charge in [-0.05, 0) is 36.9 Å². The number of piperidine rings is 1. The van der Waals surface area contributed by atoms with Gasteiger partial charge in [0.05, 0.1) is 0 Å². The van der Waals surface area contributed by atoms with Crippen molar-refractivity contribution in [1.29, 1.82) is 0 Å². The van der Waals surface area contributed by atoms with Crippen LogP contribution in [0.25, 0.3) is 0 Å². The van der Waals surface area contributed by atoms with Crippen LogP contribution in [0.15, 0.2) is 24.5 Å². The number of aromatic nitrogens is 1. The summed E-state index contributed by atoms with van der Waals surface area (Å²) < 4.78 is 0. The first-order valence-electron chi connectivity index (χ1n) is 8.39. The van der Waals surface area contributed by atoms with Crippen LogP contribution in [0.1, 0.15) is 31.4 Å². The van der Waals surface area contributed by atoms with Gasteiger partial charge < -0.3 is 10.2 Å². The van der Waals surface area contributed by atoms with Crippen molar-refractivity contribution in [1.82, 2.24) is 20.1 Å². The number of hydrogen-bond donors (Lipinski definition) is 1. The molecule has 0 radical (unpaired) electrons. The molecule has 0 saturated carbocycles. The highest BCUT2D eigenvalue weighted by molar-refractivity contribution is 5.83. The maximum atomic E-state index is 13.1. The van der Waals surface area contributed by atoms with Gasteiger partial charge in [-0.25, -0.2) is 0 Å². The Kier molecular flexibility index (Phi) is 5.05. The van der Waals surface area contributed by atoms with E-state index < -0.39 is 0 Å². The summed E-state index contributed by atoms with van der Waals surface area (Å²) in [6.45, 7) is 7.67. The average molecular weight is 302 g/mol. The average Bonchev–Trinajstić information content (AvgIpc) is 2.57. The molecule has 22 heavy (non-hydrogen) atoms. The number of carbonyl (C=O) groups is 1. The number of pyridine rings is 1. The molecule has 2 fully saturated rings. The first kappa shape index (κ1) is 15.4. The predicted octanol–water partition coefficient (Wildman–Crippen LogP) is 1.29. The number of hydrogen-bond acceptors (Lipinski definition) is 4. The van der Waals surface area contributed by atoms with E-state index >= 15 is 0 Å². The zero-order valence-corrected chi connectivity index (χ0v) is 13.4. The van der Waals surface area contributed by atoms with Crippen LogP contribution in [0.3, 0.4) is 0 Å². The van der Waals surface area contributed by atoms with Crippen LogP contribution in [0.4, 0.5) is 0 Å². The summed E-state index contributed by atoms with van der Waals surface area (Å²) in [6, 6.07) is 3.80. The minimum absolute atomic E-state index is 0.172.